The van der Waals surface area contributed by atoms with E-state index in [2.05, 4.69) is 44.3 Å². The van der Waals surface area contributed by atoms with Crippen LogP contribution in [0.15, 0.2) is 28.7 Å². The van der Waals surface area contributed by atoms with Gasteiger partial charge in [-0.05, 0) is 61.3 Å². The van der Waals surface area contributed by atoms with Gasteiger partial charge in [0.15, 0.2) is 0 Å². The highest BCUT2D eigenvalue weighted by atomic mass is 79.9. The average molecular weight is 363 g/mol. The lowest BCUT2D eigenvalue weighted by atomic mass is 9.78. The molecular weight excluding hydrogens is 340 g/mol. The van der Waals surface area contributed by atoms with Crippen molar-refractivity contribution in [1.82, 2.24) is 10.2 Å². The maximum atomic E-state index is 12.7. The molecule has 1 saturated carbocycles. The third-order valence-electron chi connectivity index (χ3n) is 5.85. The summed E-state index contributed by atoms with van der Waals surface area (Å²) in [7, 11) is 0. The summed E-state index contributed by atoms with van der Waals surface area (Å²) in [5, 5.41) is 3.49. The van der Waals surface area contributed by atoms with E-state index in [1.54, 1.807) is 0 Å². The molecule has 118 valence electrons. The first-order valence-electron chi connectivity index (χ1n) is 8.42. The number of carbonyl (C=O) groups is 1. The normalized spacial score (nSPS) is 29.8. The summed E-state index contributed by atoms with van der Waals surface area (Å²) in [6.45, 7) is 4.23. The van der Waals surface area contributed by atoms with Crippen molar-refractivity contribution in [3.8, 4) is 0 Å². The summed E-state index contributed by atoms with van der Waals surface area (Å²) in [4.78, 5) is 14.9. The smallest absolute Gasteiger partial charge is 0.226 e. The third kappa shape index (κ3) is 2.71. The van der Waals surface area contributed by atoms with E-state index in [1.807, 2.05) is 6.07 Å². The summed E-state index contributed by atoms with van der Waals surface area (Å²) < 4.78 is 1.11. The predicted molar refractivity (Wildman–Crippen MR) is 90.7 cm³/mol. The largest absolute Gasteiger partial charge is 0.342 e. The number of rotatable bonds is 2. The molecule has 1 aromatic carbocycles. The minimum atomic E-state index is 0.227. The van der Waals surface area contributed by atoms with Crippen molar-refractivity contribution in [2.24, 2.45) is 11.3 Å². The second kappa shape index (κ2) is 5.64. The zero-order valence-electron chi connectivity index (χ0n) is 12.9. The summed E-state index contributed by atoms with van der Waals surface area (Å²) in [6.07, 6.45) is 4.68. The summed E-state index contributed by atoms with van der Waals surface area (Å²) in [6, 6.07) is 8.42. The van der Waals surface area contributed by atoms with Crippen LogP contribution in [0.5, 0.6) is 0 Å². The van der Waals surface area contributed by atoms with Gasteiger partial charge in [0.1, 0.15) is 0 Å². The number of halogens is 1. The van der Waals surface area contributed by atoms with E-state index in [1.165, 1.54) is 24.8 Å². The Labute approximate surface area is 140 Å². The van der Waals surface area contributed by atoms with E-state index < -0.39 is 0 Å². The van der Waals surface area contributed by atoms with Crippen molar-refractivity contribution < 1.29 is 4.79 Å². The van der Waals surface area contributed by atoms with Crippen molar-refractivity contribution in [2.75, 3.05) is 26.2 Å². The zero-order chi connectivity index (χ0) is 15.2. The first-order chi connectivity index (χ1) is 10.7. The van der Waals surface area contributed by atoms with Crippen LogP contribution in [0.3, 0.4) is 0 Å². The monoisotopic (exact) mass is 362 g/mol. The predicted octanol–water partition coefficient (Wildman–Crippen LogP) is 3.15. The topological polar surface area (TPSA) is 32.3 Å². The first-order valence-corrected chi connectivity index (χ1v) is 9.21. The lowest BCUT2D eigenvalue weighted by Gasteiger charge is -2.39. The first kappa shape index (κ1) is 14.7. The maximum absolute atomic E-state index is 12.7. The van der Waals surface area contributed by atoms with Crippen LogP contribution < -0.4 is 5.32 Å². The number of carbonyl (C=O) groups excluding carboxylic acids is 1. The van der Waals surface area contributed by atoms with E-state index in [0.717, 1.165) is 37.1 Å². The molecule has 2 aliphatic heterocycles. The van der Waals surface area contributed by atoms with Crippen molar-refractivity contribution in [2.45, 2.75) is 31.6 Å². The lowest BCUT2D eigenvalue weighted by molar-refractivity contribution is -0.134. The van der Waals surface area contributed by atoms with Crippen molar-refractivity contribution in [1.29, 1.82) is 0 Å². The number of likely N-dealkylation sites (tertiary alicyclic amines) is 1. The molecule has 3 aliphatic rings. The van der Waals surface area contributed by atoms with Gasteiger partial charge in [-0.1, -0.05) is 28.1 Å². The van der Waals surface area contributed by atoms with Crippen LogP contribution in [-0.4, -0.2) is 37.0 Å². The van der Waals surface area contributed by atoms with Crippen LogP contribution >= 0.6 is 15.9 Å². The van der Waals surface area contributed by atoms with Crippen LogP contribution in [0.4, 0.5) is 0 Å². The van der Waals surface area contributed by atoms with Gasteiger partial charge in [0.25, 0.3) is 0 Å². The summed E-state index contributed by atoms with van der Waals surface area (Å²) in [5.41, 5.74) is 1.80. The summed E-state index contributed by atoms with van der Waals surface area (Å²) >= 11 is 3.52. The summed E-state index contributed by atoms with van der Waals surface area (Å²) in [5.74, 6) is 1.06. The third-order valence-corrected chi connectivity index (χ3v) is 6.35. The van der Waals surface area contributed by atoms with Crippen LogP contribution in [0, 0.1) is 11.3 Å². The molecule has 4 heteroatoms. The van der Waals surface area contributed by atoms with Gasteiger partial charge in [-0.15, -0.1) is 0 Å². The van der Waals surface area contributed by atoms with Gasteiger partial charge in [0.2, 0.25) is 5.91 Å². The number of hydrogen-bond acceptors (Lipinski definition) is 2. The van der Waals surface area contributed by atoms with Gasteiger partial charge in [-0.2, -0.15) is 0 Å². The number of hydrogen-bond donors (Lipinski definition) is 1. The van der Waals surface area contributed by atoms with Crippen LogP contribution in [-0.2, 0) is 4.79 Å². The Morgan fingerprint density at radius 3 is 2.77 bits per heavy atom. The zero-order valence-corrected chi connectivity index (χ0v) is 14.4. The molecule has 2 atom stereocenters. The van der Waals surface area contributed by atoms with Crippen molar-refractivity contribution in [3.05, 3.63) is 34.3 Å². The molecule has 0 aromatic heterocycles. The van der Waals surface area contributed by atoms with Gasteiger partial charge >= 0.3 is 0 Å². The Kier molecular flexibility index (Phi) is 3.77. The SMILES string of the molecule is O=C(C1CC1c1cccc(Br)c1)N1CCC2(CCNC2)CC1. The van der Waals surface area contributed by atoms with Gasteiger partial charge in [0.05, 0.1) is 0 Å². The van der Waals surface area contributed by atoms with Gasteiger partial charge < -0.3 is 10.2 Å². The Morgan fingerprint density at radius 1 is 1.27 bits per heavy atom. The molecule has 2 saturated heterocycles. The standard InChI is InChI=1S/C18H23BrN2O/c19-14-3-1-2-13(10-14)15-11-16(15)17(22)21-8-5-18(6-9-21)4-7-20-12-18/h1-3,10,15-16,20H,4-9,11-12H2. The van der Waals surface area contributed by atoms with Gasteiger partial charge in [0, 0.05) is 30.0 Å². The number of benzene rings is 1. The van der Waals surface area contributed by atoms with Crippen LogP contribution in [0.25, 0.3) is 0 Å². The highest BCUT2D eigenvalue weighted by molar-refractivity contribution is 9.10. The Morgan fingerprint density at radius 2 is 2.09 bits per heavy atom. The van der Waals surface area contributed by atoms with E-state index >= 15 is 0 Å². The molecule has 0 radical (unpaired) electrons. The number of nitrogens with one attached hydrogen (secondary N) is 1. The average Bonchev–Trinajstić information content (AvgIpc) is 3.22. The highest BCUT2D eigenvalue weighted by Gasteiger charge is 2.47. The van der Waals surface area contributed by atoms with Crippen molar-refractivity contribution >= 4 is 21.8 Å². The fraction of sp³-hybridized carbons (Fsp3) is 0.611. The van der Waals surface area contributed by atoms with Crippen molar-refractivity contribution in [3.63, 3.8) is 0 Å². The molecule has 3 nitrogen and oxygen atoms in total. The molecule has 1 amide bonds. The number of nitrogens with zero attached hydrogens (tertiary/aromatic N) is 1. The minimum absolute atomic E-state index is 0.227. The van der Waals surface area contributed by atoms with Gasteiger partial charge in [-0.3, -0.25) is 4.79 Å². The highest BCUT2D eigenvalue weighted by Crippen LogP contribution is 2.49. The second-order valence-electron chi connectivity index (χ2n) is 7.26. The molecule has 4 rings (SSSR count). The molecule has 1 aliphatic carbocycles. The van der Waals surface area contributed by atoms with Gasteiger partial charge in [-0.25, -0.2) is 0 Å². The maximum Gasteiger partial charge on any atom is 0.226 e. The number of piperidine rings is 1. The molecule has 0 bridgehead atoms. The molecule has 1 spiro atoms. The number of amides is 1. The molecule has 1 aromatic rings. The van der Waals surface area contributed by atoms with E-state index in [9.17, 15) is 4.79 Å². The second-order valence-corrected chi connectivity index (χ2v) is 8.17. The Balaban J connectivity index is 1.36. The molecule has 2 unspecified atom stereocenters. The lowest BCUT2D eigenvalue weighted by Crippen LogP contribution is -2.44. The van der Waals surface area contributed by atoms with E-state index in [0.29, 0.717) is 17.2 Å². The fourth-order valence-corrected chi connectivity index (χ4v) is 4.65. The van der Waals surface area contributed by atoms with E-state index in [-0.39, 0.29) is 5.92 Å². The molecule has 22 heavy (non-hydrogen) atoms. The Bertz CT molecular complexity index is 572. The molecule has 1 N–H and O–H groups in total. The minimum Gasteiger partial charge on any atom is -0.342 e. The van der Waals surface area contributed by atoms with E-state index in [4.69, 9.17) is 0 Å². The van der Waals surface area contributed by atoms with Crippen LogP contribution in [0.2, 0.25) is 0 Å². The molecular formula is C18H23BrN2O. The van der Waals surface area contributed by atoms with Crippen LogP contribution in [0.1, 0.15) is 37.2 Å². The quantitative estimate of drug-likeness (QED) is 0.876. The molecule has 2 heterocycles. The fourth-order valence-electron chi connectivity index (χ4n) is 4.23. The Hall–Kier alpha value is -0.870. The molecule has 3 fully saturated rings.